The molecule has 1 aliphatic carbocycles. The quantitative estimate of drug-likeness (QED) is 0.758. The minimum Gasteiger partial charge on any atom is -0.492 e. The lowest BCUT2D eigenvalue weighted by Gasteiger charge is -2.24. The summed E-state index contributed by atoms with van der Waals surface area (Å²) in [5.41, 5.74) is 0.425. The number of aromatic amines is 1. The van der Waals surface area contributed by atoms with Crippen molar-refractivity contribution < 1.29 is 9.84 Å². The molecule has 1 aromatic heterocycles. The highest BCUT2D eigenvalue weighted by atomic mass is 16.5. The van der Waals surface area contributed by atoms with E-state index < -0.39 is 0 Å². The number of aromatic hydroxyl groups is 1. The van der Waals surface area contributed by atoms with E-state index in [-0.39, 0.29) is 11.5 Å². The Bertz CT molecular complexity index is 307. The third-order valence-electron chi connectivity index (χ3n) is 3.09. The van der Waals surface area contributed by atoms with E-state index in [2.05, 4.69) is 9.97 Å². The van der Waals surface area contributed by atoms with Gasteiger partial charge < -0.3 is 14.8 Å². The molecule has 0 amide bonds. The Morgan fingerprint density at radius 3 is 2.50 bits per heavy atom. The van der Waals surface area contributed by atoms with Gasteiger partial charge >= 0.3 is 0 Å². The van der Waals surface area contributed by atoms with Crippen LogP contribution in [0.4, 0.5) is 0 Å². The number of hydrogen-bond donors (Lipinski definition) is 2. The fraction of sp³-hybridized carbons (Fsp3) is 0.700. The van der Waals surface area contributed by atoms with Gasteiger partial charge in [-0.05, 0) is 32.6 Å². The predicted octanol–water partition coefficient (Wildman–Crippen LogP) is 1.84. The zero-order valence-corrected chi connectivity index (χ0v) is 8.63. The number of rotatable bonds is 2. The Morgan fingerprint density at radius 1 is 1.43 bits per heavy atom. The Balaban J connectivity index is 2.36. The third kappa shape index (κ3) is 1.30. The molecule has 1 aromatic rings. The molecule has 0 aliphatic heterocycles. The van der Waals surface area contributed by atoms with Crippen LogP contribution in [-0.4, -0.2) is 22.2 Å². The highest BCUT2D eigenvalue weighted by Crippen LogP contribution is 2.40. The van der Waals surface area contributed by atoms with Crippen LogP contribution in [0, 0.1) is 6.92 Å². The summed E-state index contributed by atoms with van der Waals surface area (Å²) in [4.78, 5) is 7.20. The number of nitrogens with zero attached hydrogens (tertiary/aromatic N) is 1. The van der Waals surface area contributed by atoms with Gasteiger partial charge in [0.1, 0.15) is 11.4 Å². The maximum atomic E-state index is 9.41. The van der Waals surface area contributed by atoms with Gasteiger partial charge in [0.25, 0.3) is 0 Å². The minimum atomic E-state index is -0.286. The van der Waals surface area contributed by atoms with Crippen molar-refractivity contribution in [3.8, 4) is 5.88 Å². The molecule has 0 bridgehead atoms. The van der Waals surface area contributed by atoms with E-state index in [0.717, 1.165) is 31.5 Å². The van der Waals surface area contributed by atoms with Gasteiger partial charge in [-0.1, -0.05) is 0 Å². The maximum absolute atomic E-state index is 9.41. The number of aromatic nitrogens is 2. The highest BCUT2D eigenvalue weighted by Gasteiger charge is 2.38. The van der Waals surface area contributed by atoms with Gasteiger partial charge in [-0.15, -0.1) is 0 Å². The number of H-pyrrole nitrogens is 1. The van der Waals surface area contributed by atoms with Crippen molar-refractivity contribution in [3.63, 3.8) is 0 Å². The summed E-state index contributed by atoms with van der Waals surface area (Å²) >= 11 is 0. The second kappa shape index (κ2) is 3.28. The number of imidazole rings is 1. The second-order valence-electron chi connectivity index (χ2n) is 3.94. The zero-order valence-electron chi connectivity index (χ0n) is 8.63. The summed E-state index contributed by atoms with van der Waals surface area (Å²) in [5, 5.41) is 9.41. The zero-order chi connectivity index (χ0) is 10.2. The van der Waals surface area contributed by atoms with E-state index in [1.807, 2.05) is 6.92 Å². The standard InChI is InChI=1S/C10H16N2O2/c1-7-8(13)12-9(11-7)10(14-2)5-3-4-6-10/h13H,3-6H2,1-2H3,(H,11,12). The molecule has 4 nitrogen and oxygen atoms in total. The van der Waals surface area contributed by atoms with Gasteiger partial charge in [0, 0.05) is 7.11 Å². The fourth-order valence-corrected chi connectivity index (χ4v) is 2.15. The molecule has 0 atom stereocenters. The van der Waals surface area contributed by atoms with Crippen molar-refractivity contribution in [1.29, 1.82) is 0 Å². The largest absolute Gasteiger partial charge is 0.492 e. The molecule has 78 valence electrons. The first-order valence-corrected chi connectivity index (χ1v) is 4.99. The van der Waals surface area contributed by atoms with E-state index in [9.17, 15) is 5.11 Å². The average molecular weight is 196 g/mol. The first-order chi connectivity index (χ1) is 6.68. The number of aryl methyl sites for hydroxylation is 1. The molecule has 0 radical (unpaired) electrons. The molecule has 0 spiro atoms. The van der Waals surface area contributed by atoms with Gasteiger partial charge in [-0.2, -0.15) is 4.98 Å². The molecule has 0 unspecified atom stereocenters. The van der Waals surface area contributed by atoms with Crippen molar-refractivity contribution in [2.45, 2.75) is 38.2 Å². The molecule has 2 N–H and O–H groups in total. The van der Waals surface area contributed by atoms with Crippen LogP contribution in [0.5, 0.6) is 5.88 Å². The number of ether oxygens (including phenoxy) is 1. The molecule has 0 saturated heterocycles. The molecule has 1 saturated carbocycles. The van der Waals surface area contributed by atoms with E-state index >= 15 is 0 Å². The van der Waals surface area contributed by atoms with Gasteiger partial charge in [-0.3, -0.25) is 0 Å². The summed E-state index contributed by atoms with van der Waals surface area (Å²) in [7, 11) is 1.71. The molecule has 1 fully saturated rings. The maximum Gasteiger partial charge on any atom is 0.232 e. The first-order valence-electron chi connectivity index (χ1n) is 4.99. The highest BCUT2D eigenvalue weighted by molar-refractivity contribution is 5.21. The van der Waals surface area contributed by atoms with Crippen molar-refractivity contribution >= 4 is 0 Å². The smallest absolute Gasteiger partial charge is 0.232 e. The van der Waals surface area contributed by atoms with Crippen LogP contribution in [0.25, 0.3) is 0 Å². The number of hydrogen-bond acceptors (Lipinski definition) is 3. The molecular weight excluding hydrogens is 180 g/mol. The van der Waals surface area contributed by atoms with Crippen LogP contribution in [-0.2, 0) is 10.3 Å². The van der Waals surface area contributed by atoms with Crippen LogP contribution < -0.4 is 0 Å². The van der Waals surface area contributed by atoms with Crippen LogP contribution in [0.3, 0.4) is 0 Å². The topological polar surface area (TPSA) is 58.1 Å². The van der Waals surface area contributed by atoms with E-state index in [4.69, 9.17) is 4.74 Å². The summed E-state index contributed by atoms with van der Waals surface area (Å²) in [6.07, 6.45) is 4.29. The summed E-state index contributed by atoms with van der Waals surface area (Å²) in [5.74, 6) is 0.857. The number of nitrogens with one attached hydrogen (secondary N) is 1. The Morgan fingerprint density at radius 2 is 2.07 bits per heavy atom. The lowest BCUT2D eigenvalue weighted by Crippen LogP contribution is -2.25. The first kappa shape index (κ1) is 9.52. The summed E-state index contributed by atoms with van der Waals surface area (Å²) < 4.78 is 5.55. The number of methoxy groups -OCH3 is 1. The third-order valence-corrected chi connectivity index (χ3v) is 3.09. The van der Waals surface area contributed by atoms with Crippen LogP contribution in [0.2, 0.25) is 0 Å². The molecule has 0 aromatic carbocycles. The molecule has 4 heteroatoms. The van der Waals surface area contributed by atoms with Gasteiger partial charge in [0.2, 0.25) is 5.88 Å². The van der Waals surface area contributed by atoms with E-state index in [1.54, 1.807) is 7.11 Å². The lowest BCUT2D eigenvalue weighted by atomic mass is 10.0. The predicted molar refractivity (Wildman–Crippen MR) is 52.1 cm³/mol. The Labute approximate surface area is 83.3 Å². The Kier molecular flexibility index (Phi) is 2.23. The SMILES string of the molecule is COC1(c2nc(O)c(C)[nH]2)CCCC1. The van der Waals surface area contributed by atoms with Crippen molar-refractivity contribution in [3.05, 3.63) is 11.5 Å². The van der Waals surface area contributed by atoms with Crippen LogP contribution in [0.1, 0.15) is 37.2 Å². The lowest BCUT2D eigenvalue weighted by molar-refractivity contribution is -0.0158. The van der Waals surface area contributed by atoms with Crippen molar-refractivity contribution in [1.82, 2.24) is 9.97 Å². The second-order valence-corrected chi connectivity index (χ2v) is 3.94. The van der Waals surface area contributed by atoms with Crippen LogP contribution >= 0.6 is 0 Å². The summed E-state index contributed by atoms with van der Waals surface area (Å²) in [6, 6.07) is 0. The van der Waals surface area contributed by atoms with Gasteiger partial charge in [-0.25, -0.2) is 0 Å². The van der Waals surface area contributed by atoms with Crippen molar-refractivity contribution in [2.24, 2.45) is 0 Å². The summed E-state index contributed by atoms with van der Waals surface area (Å²) in [6.45, 7) is 1.81. The van der Waals surface area contributed by atoms with Gasteiger partial charge in [0.05, 0.1) is 5.69 Å². The van der Waals surface area contributed by atoms with Gasteiger partial charge in [0.15, 0.2) is 0 Å². The normalized spacial score (nSPS) is 20.1. The molecule has 1 aliphatic rings. The molecule has 2 rings (SSSR count). The monoisotopic (exact) mass is 196 g/mol. The fourth-order valence-electron chi connectivity index (χ4n) is 2.15. The van der Waals surface area contributed by atoms with Crippen molar-refractivity contribution in [2.75, 3.05) is 7.11 Å². The van der Waals surface area contributed by atoms with E-state index in [1.165, 1.54) is 0 Å². The minimum absolute atomic E-state index is 0.0864. The van der Waals surface area contributed by atoms with E-state index in [0.29, 0.717) is 5.69 Å². The Hall–Kier alpha value is -1.03. The average Bonchev–Trinajstić information content (AvgIpc) is 2.75. The molecule has 14 heavy (non-hydrogen) atoms. The van der Waals surface area contributed by atoms with Crippen LogP contribution in [0.15, 0.2) is 0 Å². The molecular formula is C10H16N2O2. The molecule has 1 heterocycles.